The van der Waals surface area contributed by atoms with Crippen molar-refractivity contribution in [3.8, 4) is 34.1 Å². The van der Waals surface area contributed by atoms with E-state index in [1.54, 1.807) is 0 Å². The molecule has 0 unspecified atom stereocenters. The fraction of sp³-hybridized carbons (Fsp3) is 0.122. The normalized spacial score (nSPS) is 12.0. The molecule has 0 radical (unpaired) electrons. The first-order chi connectivity index (χ1) is 21.8. The van der Waals surface area contributed by atoms with E-state index in [4.69, 9.17) is 9.40 Å². The van der Waals surface area contributed by atoms with Gasteiger partial charge in [-0.3, -0.25) is 4.98 Å². The van der Waals surface area contributed by atoms with E-state index in [2.05, 4.69) is 117 Å². The molecule has 8 aromatic rings. The van der Waals surface area contributed by atoms with Crippen LogP contribution in [0.5, 0.6) is 0 Å². The Kier molecular flexibility index (Phi) is 5.95. The van der Waals surface area contributed by atoms with Crippen LogP contribution >= 0.6 is 0 Å². The highest BCUT2D eigenvalue weighted by Crippen LogP contribution is 2.46. The molecular formula is C41H31N3O. The van der Waals surface area contributed by atoms with Gasteiger partial charge in [-0.1, -0.05) is 69.3 Å². The highest BCUT2D eigenvalue weighted by molar-refractivity contribution is 6.10. The Labute approximate surface area is 261 Å². The van der Waals surface area contributed by atoms with Crippen LogP contribution in [0.25, 0.3) is 71.8 Å². The number of pyridine rings is 1. The minimum absolute atomic E-state index is 0.193. The summed E-state index contributed by atoms with van der Waals surface area (Å²) in [5.74, 6) is 0. The largest absolute Gasteiger partial charge is 0.456 e. The number of nitriles is 1. The number of hydrogen-bond donors (Lipinski definition) is 0. The van der Waals surface area contributed by atoms with E-state index in [0.29, 0.717) is 5.56 Å². The Morgan fingerprint density at radius 3 is 2.22 bits per heavy atom. The molecule has 0 bridgehead atoms. The first kappa shape index (κ1) is 26.9. The number of hydrogen-bond acceptors (Lipinski definition) is 3. The summed E-state index contributed by atoms with van der Waals surface area (Å²) in [6.45, 7) is 9.07. The van der Waals surface area contributed by atoms with E-state index in [1.165, 1.54) is 5.56 Å². The Morgan fingerprint density at radius 1 is 0.711 bits per heavy atom. The molecule has 0 aliphatic carbocycles. The van der Waals surface area contributed by atoms with Gasteiger partial charge in [-0.05, 0) is 95.3 Å². The Morgan fingerprint density at radius 2 is 1.44 bits per heavy atom. The van der Waals surface area contributed by atoms with Crippen LogP contribution in [0.3, 0.4) is 0 Å². The first-order valence-electron chi connectivity index (χ1n) is 15.3. The zero-order valence-corrected chi connectivity index (χ0v) is 25.7. The minimum Gasteiger partial charge on any atom is -0.456 e. The highest BCUT2D eigenvalue weighted by Gasteiger charge is 2.29. The van der Waals surface area contributed by atoms with Gasteiger partial charge in [0.2, 0.25) is 0 Å². The van der Waals surface area contributed by atoms with Crippen molar-refractivity contribution in [1.29, 1.82) is 5.26 Å². The number of nitrogens with zero attached hydrogens (tertiary/aromatic N) is 3. The smallest absolute Gasteiger partial charge is 0.135 e. The summed E-state index contributed by atoms with van der Waals surface area (Å²) in [6, 6.07) is 40.1. The van der Waals surface area contributed by atoms with Crippen LogP contribution in [0, 0.1) is 18.3 Å². The maximum Gasteiger partial charge on any atom is 0.135 e. The maximum atomic E-state index is 9.72. The van der Waals surface area contributed by atoms with Gasteiger partial charge < -0.3 is 8.98 Å². The first-order valence-corrected chi connectivity index (χ1v) is 15.3. The molecule has 4 nitrogen and oxygen atoms in total. The second kappa shape index (κ2) is 9.94. The molecular weight excluding hydrogens is 550 g/mol. The molecule has 0 fully saturated rings. The van der Waals surface area contributed by atoms with Crippen LogP contribution in [-0.4, -0.2) is 9.55 Å². The Hall–Kier alpha value is -5.66. The van der Waals surface area contributed by atoms with Gasteiger partial charge in [0.05, 0.1) is 34.0 Å². The third kappa shape index (κ3) is 4.16. The van der Waals surface area contributed by atoms with Crippen LogP contribution in [0.1, 0.15) is 37.5 Å². The molecule has 0 saturated carbocycles. The van der Waals surface area contributed by atoms with Gasteiger partial charge in [0.15, 0.2) is 0 Å². The molecule has 3 aromatic heterocycles. The van der Waals surface area contributed by atoms with Crippen molar-refractivity contribution in [2.24, 2.45) is 0 Å². The van der Waals surface area contributed by atoms with Gasteiger partial charge in [0.25, 0.3) is 0 Å². The van der Waals surface area contributed by atoms with Gasteiger partial charge in [-0.2, -0.15) is 5.26 Å². The highest BCUT2D eigenvalue weighted by atomic mass is 16.3. The van der Waals surface area contributed by atoms with Gasteiger partial charge in [0, 0.05) is 33.3 Å². The Balaban J connectivity index is 1.54. The van der Waals surface area contributed by atoms with Gasteiger partial charge >= 0.3 is 0 Å². The van der Waals surface area contributed by atoms with Crippen LogP contribution in [0.15, 0.2) is 120 Å². The predicted molar refractivity (Wildman–Crippen MR) is 185 cm³/mol. The zero-order chi connectivity index (χ0) is 30.9. The number of aromatic nitrogens is 2. The second-order valence-electron chi connectivity index (χ2n) is 12.8. The lowest BCUT2D eigenvalue weighted by Gasteiger charge is -2.30. The lowest BCUT2D eigenvalue weighted by Crippen LogP contribution is -2.17. The van der Waals surface area contributed by atoms with E-state index >= 15 is 0 Å². The fourth-order valence-corrected chi connectivity index (χ4v) is 7.03. The monoisotopic (exact) mass is 581 g/mol. The van der Waals surface area contributed by atoms with E-state index in [-0.39, 0.29) is 5.41 Å². The topological polar surface area (TPSA) is 54.8 Å². The molecule has 45 heavy (non-hydrogen) atoms. The molecule has 3 heterocycles. The summed E-state index contributed by atoms with van der Waals surface area (Å²) >= 11 is 0. The summed E-state index contributed by atoms with van der Waals surface area (Å²) < 4.78 is 8.57. The standard InChI is InChI=1S/C41H31N3O/c1-25-36(44-34-14-7-5-11-28(34)31-21-26(24-42)16-18-35(31)44)23-30(40(41(2,3)4)39(25)33-13-9-10-20-43-33)27-17-19-38-32(22-27)29-12-6-8-15-37(29)45-38/h5-23H,1-4H3. The SMILES string of the molecule is Cc1c(-n2c3ccccc3c3cc(C#N)ccc32)cc(-c2ccc3oc4ccccc4c3c2)c(C(C)(C)C)c1-c1ccccn1. The van der Waals surface area contributed by atoms with Crippen molar-refractivity contribution in [3.63, 3.8) is 0 Å². The molecule has 0 aliphatic rings. The summed E-state index contributed by atoms with van der Waals surface area (Å²) in [5, 5.41) is 14.1. The van der Waals surface area contributed by atoms with Crippen LogP contribution in [0.2, 0.25) is 0 Å². The fourth-order valence-electron chi connectivity index (χ4n) is 7.03. The average molecular weight is 582 g/mol. The van der Waals surface area contributed by atoms with Gasteiger partial charge in [-0.25, -0.2) is 0 Å². The van der Waals surface area contributed by atoms with Crippen LogP contribution < -0.4 is 0 Å². The quantitative estimate of drug-likeness (QED) is 0.209. The molecule has 5 aromatic carbocycles. The molecule has 0 saturated heterocycles. The average Bonchev–Trinajstić information content (AvgIpc) is 3.59. The maximum absolute atomic E-state index is 9.72. The predicted octanol–water partition coefficient (Wildman–Crippen LogP) is 10.9. The van der Waals surface area contributed by atoms with E-state index in [0.717, 1.165) is 77.4 Å². The van der Waals surface area contributed by atoms with E-state index in [9.17, 15) is 5.26 Å². The van der Waals surface area contributed by atoms with Gasteiger partial charge in [0.1, 0.15) is 11.2 Å². The molecule has 0 amide bonds. The lowest BCUT2D eigenvalue weighted by atomic mass is 9.76. The lowest BCUT2D eigenvalue weighted by molar-refractivity contribution is 0.593. The third-order valence-corrected chi connectivity index (χ3v) is 8.96. The molecule has 4 heteroatoms. The van der Waals surface area contributed by atoms with Crippen LogP contribution in [-0.2, 0) is 5.41 Å². The van der Waals surface area contributed by atoms with Gasteiger partial charge in [-0.15, -0.1) is 0 Å². The van der Waals surface area contributed by atoms with Crippen molar-refractivity contribution in [2.45, 2.75) is 33.1 Å². The molecule has 216 valence electrons. The van der Waals surface area contributed by atoms with Crippen molar-refractivity contribution in [2.75, 3.05) is 0 Å². The molecule has 0 spiro atoms. The van der Waals surface area contributed by atoms with E-state index in [1.807, 2.05) is 36.5 Å². The number of rotatable bonds is 3. The van der Waals surface area contributed by atoms with E-state index < -0.39 is 0 Å². The Bertz CT molecular complexity index is 2480. The molecule has 0 aliphatic heterocycles. The van der Waals surface area contributed by atoms with Crippen molar-refractivity contribution in [3.05, 3.63) is 132 Å². The summed E-state index contributed by atoms with van der Waals surface area (Å²) in [4.78, 5) is 4.91. The van der Waals surface area contributed by atoms with Crippen molar-refractivity contribution < 1.29 is 4.42 Å². The number of para-hydroxylation sites is 2. The minimum atomic E-state index is -0.193. The number of furan rings is 1. The number of fused-ring (bicyclic) bond motifs is 6. The van der Waals surface area contributed by atoms with Crippen molar-refractivity contribution in [1.82, 2.24) is 9.55 Å². The summed E-state index contributed by atoms with van der Waals surface area (Å²) in [5.41, 5.74) is 12.3. The number of benzene rings is 5. The molecule has 8 rings (SSSR count). The summed E-state index contributed by atoms with van der Waals surface area (Å²) in [6.07, 6.45) is 1.88. The molecule has 0 atom stereocenters. The summed E-state index contributed by atoms with van der Waals surface area (Å²) in [7, 11) is 0. The second-order valence-corrected chi connectivity index (χ2v) is 12.8. The zero-order valence-electron chi connectivity index (χ0n) is 25.7. The third-order valence-electron chi connectivity index (χ3n) is 8.96. The van der Waals surface area contributed by atoms with Crippen LogP contribution in [0.4, 0.5) is 0 Å². The molecule has 0 N–H and O–H groups in total. The van der Waals surface area contributed by atoms with Crippen molar-refractivity contribution >= 4 is 43.7 Å².